The van der Waals surface area contributed by atoms with Gasteiger partial charge in [-0.2, -0.15) is 5.10 Å². The molecule has 0 aliphatic rings. The van der Waals surface area contributed by atoms with Gasteiger partial charge >= 0.3 is 5.69 Å². The molecular formula is C23H23N7O. The molecule has 8 heteroatoms. The topological polar surface area (TPSA) is 73.8 Å². The van der Waals surface area contributed by atoms with Crippen molar-refractivity contribution in [2.75, 3.05) is 19.0 Å². The van der Waals surface area contributed by atoms with E-state index in [0.29, 0.717) is 0 Å². The number of hydrogen-bond acceptors (Lipinski definition) is 5. The second-order valence-corrected chi connectivity index (χ2v) is 8.00. The Kier molecular flexibility index (Phi) is 4.18. The van der Waals surface area contributed by atoms with Crippen molar-refractivity contribution in [2.45, 2.75) is 6.92 Å². The van der Waals surface area contributed by atoms with Crippen molar-refractivity contribution < 1.29 is 0 Å². The minimum absolute atomic E-state index is 0.123. The molecule has 5 rings (SSSR count). The summed E-state index contributed by atoms with van der Waals surface area (Å²) in [5.74, 6) is 0. The standard InChI is InChI=1S/C23H23N7O/c1-14-21(13-28(4)26-14)30-22-18-9-15(16-8-17(27(2)3)11-24-10-16)6-7-19(18)25-12-20(22)29(5)23(30)31/h6-13H,1-5H3. The van der Waals surface area contributed by atoms with Gasteiger partial charge in [0.25, 0.3) is 0 Å². The molecule has 4 aromatic heterocycles. The molecule has 0 aliphatic heterocycles. The van der Waals surface area contributed by atoms with Crippen LogP contribution in [0.4, 0.5) is 5.69 Å². The summed E-state index contributed by atoms with van der Waals surface area (Å²) in [4.78, 5) is 24.2. The van der Waals surface area contributed by atoms with Gasteiger partial charge in [-0.05, 0) is 30.7 Å². The average molecular weight is 413 g/mol. The van der Waals surface area contributed by atoms with Crippen LogP contribution in [-0.2, 0) is 14.1 Å². The zero-order valence-electron chi connectivity index (χ0n) is 18.2. The number of rotatable bonds is 3. The maximum Gasteiger partial charge on any atom is 0.333 e. The second kappa shape index (κ2) is 6.80. The van der Waals surface area contributed by atoms with Crippen LogP contribution < -0.4 is 10.6 Å². The molecule has 0 spiro atoms. The number of aromatic nitrogens is 6. The smallest absolute Gasteiger partial charge is 0.333 e. The molecule has 0 unspecified atom stereocenters. The third kappa shape index (κ3) is 2.91. The monoisotopic (exact) mass is 413 g/mol. The van der Waals surface area contributed by atoms with Crippen LogP contribution in [0.2, 0.25) is 0 Å². The van der Waals surface area contributed by atoms with Crippen molar-refractivity contribution in [3.05, 3.63) is 65.2 Å². The van der Waals surface area contributed by atoms with E-state index in [1.807, 2.05) is 63.7 Å². The lowest BCUT2D eigenvalue weighted by Gasteiger charge is -2.13. The van der Waals surface area contributed by atoms with Crippen LogP contribution >= 0.6 is 0 Å². The van der Waals surface area contributed by atoms with E-state index in [4.69, 9.17) is 0 Å². The van der Waals surface area contributed by atoms with Gasteiger partial charge in [-0.3, -0.25) is 23.8 Å². The quantitative estimate of drug-likeness (QED) is 0.455. The normalized spacial score (nSPS) is 11.5. The van der Waals surface area contributed by atoms with Crippen molar-refractivity contribution in [1.82, 2.24) is 28.9 Å². The predicted molar refractivity (Wildman–Crippen MR) is 123 cm³/mol. The summed E-state index contributed by atoms with van der Waals surface area (Å²) in [6, 6.07) is 8.22. The van der Waals surface area contributed by atoms with Crippen LogP contribution in [0.3, 0.4) is 0 Å². The molecular weight excluding hydrogens is 390 g/mol. The summed E-state index contributed by atoms with van der Waals surface area (Å²) >= 11 is 0. The Morgan fingerprint density at radius 1 is 1.00 bits per heavy atom. The largest absolute Gasteiger partial charge is 0.376 e. The van der Waals surface area contributed by atoms with Crippen molar-refractivity contribution in [1.29, 1.82) is 0 Å². The average Bonchev–Trinajstić information content (AvgIpc) is 3.22. The maximum absolute atomic E-state index is 13.2. The third-order valence-electron chi connectivity index (χ3n) is 5.69. The Hall–Kier alpha value is -3.94. The van der Waals surface area contributed by atoms with E-state index in [-0.39, 0.29) is 5.69 Å². The number of nitrogens with zero attached hydrogens (tertiary/aromatic N) is 7. The third-order valence-corrected chi connectivity index (χ3v) is 5.69. The lowest BCUT2D eigenvalue weighted by Crippen LogP contribution is -2.21. The van der Waals surface area contributed by atoms with Crippen LogP contribution in [0.25, 0.3) is 38.8 Å². The Morgan fingerprint density at radius 3 is 2.52 bits per heavy atom. The minimum Gasteiger partial charge on any atom is -0.376 e. The van der Waals surface area contributed by atoms with Crippen molar-refractivity contribution in [3.63, 3.8) is 0 Å². The van der Waals surface area contributed by atoms with Gasteiger partial charge in [-0.15, -0.1) is 0 Å². The van der Waals surface area contributed by atoms with Gasteiger partial charge in [0.05, 0.1) is 46.0 Å². The highest BCUT2D eigenvalue weighted by molar-refractivity contribution is 6.04. The first-order chi connectivity index (χ1) is 14.8. The molecule has 1 aromatic carbocycles. The number of aryl methyl sites for hydroxylation is 3. The number of hydrogen-bond donors (Lipinski definition) is 0. The highest BCUT2D eigenvalue weighted by Crippen LogP contribution is 2.31. The lowest BCUT2D eigenvalue weighted by molar-refractivity contribution is 0.756. The maximum atomic E-state index is 13.2. The van der Waals surface area contributed by atoms with Crippen molar-refractivity contribution in [2.24, 2.45) is 14.1 Å². The summed E-state index contributed by atoms with van der Waals surface area (Å²) < 4.78 is 5.10. The fraction of sp³-hybridized carbons (Fsp3) is 0.217. The lowest BCUT2D eigenvalue weighted by atomic mass is 10.0. The van der Waals surface area contributed by atoms with E-state index in [9.17, 15) is 4.79 Å². The summed E-state index contributed by atoms with van der Waals surface area (Å²) in [7, 11) is 7.62. The summed E-state index contributed by atoms with van der Waals surface area (Å²) in [5, 5.41) is 5.34. The van der Waals surface area contributed by atoms with Gasteiger partial charge in [0.2, 0.25) is 0 Å². The molecule has 4 heterocycles. The molecule has 0 fully saturated rings. The van der Waals surface area contributed by atoms with E-state index < -0.39 is 0 Å². The number of imidazole rings is 1. The van der Waals surface area contributed by atoms with Crippen molar-refractivity contribution >= 4 is 27.6 Å². The zero-order valence-corrected chi connectivity index (χ0v) is 18.2. The highest BCUT2D eigenvalue weighted by Gasteiger charge is 2.19. The van der Waals surface area contributed by atoms with E-state index >= 15 is 0 Å². The number of benzene rings is 1. The van der Waals surface area contributed by atoms with E-state index in [2.05, 4.69) is 27.2 Å². The molecule has 0 saturated heterocycles. The molecule has 156 valence electrons. The number of anilines is 1. The first-order valence-corrected chi connectivity index (χ1v) is 9.98. The molecule has 0 amide bonds. The van der Waals surface area contributed by atoms with Gasteiger partial charge < -0.3 is 4.90 Å². The van der Waals surface area contributed by atoms with E-state index in [0.717, 1.165) is 50.1 Å². The van der Waals surface area contributed by atoms with Gasteiger partial charge in [0.1, 0.15) is 0 Å². The Labute approximate surface area is 179 Å². The van der Waals surface area contributed by atoms with Crippen LogP contribution in [0, 0.1) is 6.92 Å². The molecule has 8 nitrogen and oxygen atoms in total. The molecule has 0 atom stereocenters. The molecule has 0 aliphatic carbocycles. The molecule has 0 radical (unpaired) electrons. The Balaban J connectivity index is 1.85. The summed E-state index contributed by atoms with van der Waals surface area (Å²) in [6.45, 7) is 1.91. The fourth-order valence-corrected chi connectivity index (χ4v) is 4.04. The van der Waals surface area contributed by atoms with Crippen LogP contribution in [-0.4, -0.2) is 43.0 Å². The minimum atomic E-state index is -0.123. The Morgan fingerprint density at radius 2 is 1.81 bits per heavy atom. The van der Waals surface area contributed by atoms with Gasteiger partial charge in [-0.25, -0.2) is 4.79 Å². The fourth-order valence-electron chi connectivity index (χ4n) is 4.04. The molecule has 31 heavy (non-hydrogen) atoms. The van der Waals surface area contributed by atoms with Crippen LogP contribution in [0.1, 0.15) is 5.69 Å². The predicted octanol–water partition coefficient (Wildman–Crippen LogP) is 3.05. The SMILES string of the molecule is Cc1nn(C)cc1-n1c(=O)n(C)c2cnc3ccc(-c4cncc(N(C)C)c4)cc3c21. The Bertz CT molecular complexity index is 1520. The zero-order chi connectivity index (χ0) is 21.9. The van der Waals surface area contributed by atoms with Crippen LogP contribution in [0.15, 0.2) is 53.8 Å². The van der Waals surface area contributed by atoms with Gasteiger partial charge in [0, 0.05) is 51.5 Å². The van der Waals surface area contributed by atoms with Crippen molar-refractivity contribution in [3.8, 4) is 16.8 Å². The first-order valence-electron chi connectivity index (χ1n) is 9.98. The van der Waals surface area contributed by atoms with Gasteiger partial charge in [-0.1, -0.05) is 6.07 Å². The molecule has 0 saturated carbocycles. The molecule has 0 N–H and O–H groups in total. The van der Waals surface area contributed by atoms with E-state index in [1.54, 1.807) is 27.1 Å². The molecule has 0 bridgehead atoms. The van der Waals surface area contributed by atoms with Gasteiger partial charge in [0.15, 0.2) is 0 Å². The molecule has 5 aromatic rings. The first kappa shape index (κ1) is 19.0. The summed E-state index contributed by atoms with van der Waals surface area (Å²) in [5.41, 5.74) is 6.92. The highest BCUT2D eigenvalue weighted by atomic mass is 16.1. The van der Waals surface area contributed by atoms with E-state index in [1.165, 1.54) is 0 Å². The number of pyridine rings is 2. The summed E-state index contributed by atoms with van der Waals surface area (Å²) in [6.07, 6.45) is 7.32. The number of fused-ring (bicyclic) bond motifs is 3. The second-order valence-electron chi connectivity index (χ2n) is 8.00. The van der Waals surface area contributed by atoms with Crippen LogP contribution in [0.5, 0.6) is 0 Å².